The summed E-state index contributed by atoms with van der Waals surface area (Å²) in [6.07, 6.45) is 0. The molecule has 0 spiro atoms. The Morgan fingerprint density at radius 2 is 1.26 bits per heavy atom. The molecule has 0 saturated heterocycles. The Morgan fingerprint density at radius 1 is 0.538 bits per heavy atom. The third-order valence-corrected chi connectivity index (χ3v) is 8.54. The lowest BCUT2D eigenvalue weighted by Crippen LogP contribution is -2.10. The predicted octanol–water partition coefficient (Wildman–Crippen LogP) is 9.99. The van der Waals surface area contributed by atoms with Crippen LogP contribution in [0.3, 0.4) is 0 Å². The minimum absolute atomic E-state index is 0.888. The van der Waals surface area contributed by atoms with E-state index in [9.17, 15) is 0 Å². The van der Waals surface area contributed by atoms with Crippen LogP contribution >= 0.6 is 11.3 Å². The highest BCUT2D eigenvalue weighted by atomic mass is 32.1. The number of hydrogen-bond donors (Lipinski definition) is 0. The fourth-order valence-corrected chi connectivity index (χ4v) is 6.64. The molecule has 5 aromatic carbocycles. The zero-order chi connectivity index (χ0) is 25.8. The van der Waals surface area contributed by atoms with E-state index in [1.165, 1.54) is 36.7 Å². The fraction of sp³-hybridized carbons (Fsp3) is 0. The molecule has 0 radical (unpaired) electrons. The van der Waals surface area contributed by atoms with Gasteiger partial charge in [0.2, 0.25) is 0 Å². The lowest BCUT2D eigenvalue weighted by Gasteiger charge is -2.23. The summed E-state index contributed by atoms with van der Waals surface area (Å²) in [6, 6.07) is 49.6. The van der Waals surface area contributed by atoms with E-state index in [-0.39, 0.29) is 0 Å². The van der Waals surface area contributed by atoms with Crippen molar-refractivity contribution in [3.05, 3.63) is 140 Å². The van der Waals surface area contributed by atoms with E-state index in [0.717, 1.165) is 28.2 Å². The van der Waals surface area contributed by atoms with Crippen molar-refractivity contribution >= 4 is 65.1 Å². The van der Waals surface area contributed by atoms with Crippen LogP contribution in [0.2, 0.25) is 0 Å². The second kappa shape index (κ2) is 8.83. The lowest BCUT2D eigenvalue weighted by atomic mass is 10.1. The molecule has 0 saturated carbocycles. The first kappa shape index (κ1) is 22.1. The van der Waals surface area contributed by atoms with E-state index in [1.54, 1.807) is 0 Å². The number of aromatic nitrogens is 2. The second-order valence-electron chi connectivity index (χ2n) is 9.76. The van der Waals surface area contributed by atoms with Gasteiger partial charge in [0.25, 0.3) is 0 Å². The molecular formula is C35H23N3S. The predicted molar refractivity (Wildman–Crippen MR) is 166 cm³/mol. The molecule has 3 aromatic heterocycles. The van der Waals surface area contributed by atoms with Crippen molar-refractivity contribution in [3.63, 3.8) is 0 Å². The lowest BCUT2D eigenvalue weighted by molar-refractivity contribution is 0.989. The van der Waals surface area contributed by atoms with Crippen molar-refractivity contribution in [2.75, 3.05) is 4.90 Å². The number of nitrogens with zero attached hydrogens (tertiary/aromatic N) is 3. The maximum absolute atomic E-state index is 5.14. The summed E-state index contributed by atoms with van der Waals surface area (Å²) in [5, 5.41) is 8.91. The normalized spacial score (nSPS) is 11.6. The Hall–Kier alpha value is -4.93. The number of rotatable bonds is 4. The molecule has 0 aliphatic carbocycles. The summed E-state index contributed by atoms with van der Waals surface area (Å²) in [6.45, 7) is 0. The summed E-state index contributed by atoms with van der Waals surface area (Å²) in [7, 11) is 0. The molecule has 0 bridgehead atoms. The largest absolute Gasteiger partial charge is 0.294 e. The summed E-state index contributed by atoms with van der Waals surface area (Å²) in [4.78, 5) is 2.26. The molecule has 39 heavy (non-hydrogen) atoms. The molecule has 184 valence electrons. The summed E-state index contributed by atoms with van der Waals surface area (Å²) >= 11 is 1.84. The van der Waals surface area contributed by atoms with Gasteiger partial charge in [-0.2, -0.15) is 0 Å². The van der Waals surface area contributed by atoms with Crippen molar-refractivity contribution in [1.29, 1.82) is 0 Å². The van der Waals surface area contributed by atoms with Crippen LogP contribution in [0, 0.1) is 0 Å². The molecule has 8 rings (SSSR count). The van der Waals surface area contributed by atoms with Crippen LogP contribution < -0.4 is 4.90 Å². The van der Waals surface area contributed by atoms with Crippen molar-refractivity contribution in [3.8, 4) is 11.1 Å². The number of thiophene rings is 1. The van der Waals surface area contributed by atoms with Gasteiger partial charge >= 0.3 is 0 Å². The van der Waals surface area contributed by atoms with Crippen molar-refractivity contribution in [1.82, 2.24) is 9.61 Å². The van der Waals surface area contributed by atoms with E-state index in [4.69, 9.17) is 5.10 Å². The van der Waals surface area contributed by atoms with E-state index in [2.05, 4.69) is 144 Å². The van der Waals surface area contributed by atoms with Crippen LogP contribution in [-0.4, -0.2) is 9.61 Å². The summed E-state index contributed by atoms with van der Waals surface area (Å²) in [5.74, 6) is 0.888. The number of anilines is 3. The maximum atomic E-state index is 5.14. The highest BCUT2D eigenvalue weighted by molar-refractivity contribution is 7.25. The molecular weight excluding hydrogens is 494 g/mol. The SMILES string of the molecule is c1ccc(-c2ccc(N(c3ccc4c(c3)sc3ccccc34)c3cc4ccc5ccccc5n4n3)cc2)cc1. The van der Waals surface area contributed by atoms with Gasteiger partial charge in [0.05, 0.1) is 11.0 Å². The van der Waals surface area contributed by atoms with Gasteiger partial charge in [-0.05, 0) is 53.6 Å². The number of benzene rings is 5. The number of pyridine rings is 1. The minimum Gasteiger partial charge on any atom is -0.294 e. The second-order valence-corrected chi connectivity index (χ2v) is 10.8. The molecule has 0 aliphatic heterocycles. The third kappa shape index (κ3) is 3.69. The Balaban J connectivity index is 1.32. The standard InChI is InChI=1S/C35H23N3S/c1-2-8-24(9-3-1)25-14-17-27(18-15-25)37(28-20-21-31-30-11-5-7-13-33(30)39-34(31)22-28)35-23-29-19-16-26-10-4-6-12-32(26)38(29)36-35/h1-23H. The van der Waals surface area contributed by atoms with Crippen LogP contribution in [0.4, 0.5) is 17.2 Å². The van der Waals surface area contributed by atoms with Gasteiger partial charge in [-0.1, -0.05) is 91.0 Å². The zero-order valence-electron chi connectivity index (χ0n) is 21.0. The zero-order valence-corrected chi connectivity index (χ0v) is 21.8. The van der Waals surface area contributed by atoms with Gasteiger partial charge in [-0.25, -0.2) is 4.52 Å². The molecule has 0 unspecified atom stereocenters. The third-order valence-electron chi connectivity index (χ3n) is 7.40. The highest BCUT2D eigenvalue weighted by Crippen LogP contribution is 2.41. The van der Waals surface area contributed by atoms with E-state index >= 15 is 0 Å². The van der Waals surface area contributed by atoms with Gasteiger partial charge < -0.3 is 0 Å². The van der Waals surface area contributed by atoms with E-state index in [0.29, 0.717) is 0 Å². The quantitative estimate of drug-likeness (QED) is 0.231. The van der Waals surface area contributed by atoms with Crippen LogP contribution in [0.25, 0.3) is 47.7 Å². The van der Waals surface area contributed by atoms with Gasteiger partial charge in [0.1, 0.15) is 0 Å². The number of fused-ring (bicyclic) bond motifs is 6. The molecule has 0 fully saturated rings. The topological polar surface area (TPSA) is 20.5 Å². The summed E-state index contributed by atoms with van der Waals surface area (Å²) in [5.41, 5.74) is 6.73. The number of para-hydroxylation sites is 1. The monoisotopic (exact) mass is 517 g/mol. The molecule has 3 heterocycles. The van der Waals surface area contributed by atoms with E-state index in [1.807, 2.05) is 15.9 Å². The first-order chi connectivity index (χ1) is 19.3. The Morgan fingerprint density at radius 3 is 2.15 bits per heavy atom. The van der Waals surface area contributed by atoms with Crippen molar-refractivity contribution in [2.45, 2.75) is 0 Å². The fourth-order valence-electron chi connectivity index (χ4n) is 5.50. The van der Waals surface area contributed by atoms with Crippen LogP contribution in [0.5, 0.6) is 0 Å². The van der Waals surface area contributed by atoms with Gasteiger partial charge in [0.15, 0.2) is 5.82 Å². The molecule has 0 N–H and O–H groups in total. The molecule has 0 amide bonds. The van der Waals surface area contributed by atoms with Crippen molar-refractivity contribution in [2.24, 2.45) is 0 Å². The molecule has 3 nitrogen and oxygen atoms in total. The first-order valence-electron chi connectivity index (χ1n) is 13.1. The Kier molecular flexibility index (Phi) is 5.00. The molecule has 4 heteroatoms. The summed E-state index contributed by atoms with van der Waals surface area (Å²) < 4.78 is 4.63. The first-order valence-corrected chi connectivity index (χ1v) is 13.9. The Bertz CT molecular complexity index is 2120. The molecule has 8 aromatic rings. The van der Waals surface area contributed by atoms with Crippen LogP contribution in [0.1, 0.15) is 0 Å². The maximum Gasteiger partial charge on any atom is 0.160 e. The van der Waals surface area contributed by atoms with Gasteiger partial charge in [-0.3, -0.25) is 4.90 Å². The van der Waals surface area contributed by atoms with Gasteiger partial charge in [-0.15, -0.1) is 16.4 Å². The highest BCUT2D eigenvalue weighted by Gasteiger charge is 2.18. The smallest absolute Gasteiger partial charge is 0.160 e. The average molecular weight is 518 g/mol. The molecule has 0 aliphatic rings. The average Bonchev–Trinajstić information content (AvgIpc) is 3.59. The number of hydrogen-bond acceptors (Lipinski definition) is 3. The van der Waals surface area contributed by atoms with Crippen LogP contribution in [0.15, 0.2) is 140 Å². The molecule has 0 atom stereocenters. The minimum atomic E-state index is 0.888. The van der Waals surface area contributed by atoms with Crippen molar-refractivity contribution < 1.29 is 0 Å². The van der Waals surface area contributed by atoms with Crippen LogP contribution in [-0.2, 0) is 0 Å². The van der Waals surface area contributed by atoms with E-state index < -0.39 is 0 Å². The Labute approximate surface area is 229 Å². The van der Waals surface area contributed by atoms with Gasteiger partial charge in [0, 0.05) is 43.0 Å².